The lowest BCUT2D eigenvalue weighted by atomic mass is 10.2. The monoisotopic (exact) mass is 348 g/mol. The summed E-state index contributed by atoms with van der Waals surface area (Å²) in [5, 5.41) is 4.01. The number of nitrogens with zero attached hydrogens (tertiary/aromatic N) is 1. The van der Waals surface area contributed by atoms with E-state index in [2.05, 4.69) is 26.2 Å². The van der Waals surface area contributed by atoms with Crippen LogP contribution in [0.2, 0.25) is 10.3 Å². The Hall–Kier alpha value is -0.710. The Kier molecular flexibility index (Phi) is 4.20. The normalized spacial score (nSPS) is 12.5. The molecular weight excluding hydrogens is 339 g/mol. The summed E-state index contributed by atoms with van der Waals surface area (Å²) in [4.78, 5) is 4.01. The van der Waals surface area contributed by atoms with Gasteiger partial charge in [-0.3, -0.25) is 0 Å². The molecule has 2 aromatic heterocycles. The van der Waals surface area contributed by atoms with E-state index in [1.54, 1.807) is 6.07 Å². The van der Waals surface area contributed by atoms with Gasteiger partial charge in [-0.15, -0.1) is 0 Å². The van der Waals surface area contributed by atoms with E-state index in [0.717, 1.165) is 17.0 Å². The molecule has 2 rings (SSSR count). The highest BCUT2D eigenvalue weighted by Gasteiger charge is 2.14. The van der Waals surface area contributed by atoms with Gasteiger partial charge in [0.05, 0.1) is 11.7 Å². The highest BCUT2D eigenvalue weighted by Crippen LogP contribution is 2.30. The Bertz CT molecular complexity index is 548. The van der Waals surface area contributed by atoms with E-state index in [4.69, 9.17) is 27.6 Å². The average molecular weight is 350 g/mol. The summed E-state index contributed by atoms with van der Waals surface area (Å²) >= 11 is 15.2. The van der Waals surface area contributed by atoms with Crippen LogP contribution in [0.5, 0.6) is 0 Å². The third-order valence-electron chi connectivity index (χ3n) is 2.52. The summed E-state index contributed by atoms with van der Waals surface area (Å²) < 4.78 is 6.18. The number of aryl methyl sites for hydroxylation is 1. The zero-order valence-corrected chi connectivity index (χ0v) is 12.9. The third-order valence-corrected chi connectivity index (χ3v) is 3.42. The molecule has 3 nitrogen and oxygen atoms in total. The first-order chi connectivity index (χ1) is 8.47. The van der Waals surface area contributed by atoms with Crippen molar-refractivity contribution >= 4 is 44.8 Å². The maximum Gasteiger partial charge on any atom is 0.169 e. The topological polar surface area (TPSA) is 38.1 Å². The highest BCUT2D eigenvalue weighted by atomic mass is 79.9. The second kappa shape index (κ2) is 5.51. The standard InChI is InChI=1S/C12H11BrCl2N2O/c1-6-5-10(14)17-12(15)11(6)16-7(2)8-3-4-9(13)18-8/h3-5,7,16H,1-2H3. The first-order valence-corrected chi connectivity index (χ1v) is 6.86. The Balaban J connectivity index is 2.24. The third kappa shape index (κ3) is 2.99. The second-order valence-corrected chi connectivity index (χ2v) is 5.46. The maximum absolute atomic E-state index is 6.07. The molecule has 0 fully saturated rings. The molecule has 1 N–H and O–H groups in total. The summed E-state index contributed by atoms with van der Waals surface area (Å²) in [5.74, 6) is 0.812. The van der Waals surface area contributed by atoms with Crippen LogP contribution in [0.4, 0.5) is 5.69 Å². The quantitative estimate of drug-likeness (QED) is 0.771. The Labute approximate surface area is 124 Å². The molecule has 1 atom stereocenters. The first kappa shape index (κ1) is 13.7. The fourth-order valence-corrected chi connectivity index (χ4v) is 2.52. The Morgan fingerprint density at radius 1 is 1.39 bits per heavy atom. The predicted molar refractivity (Wildman–Crippen MR) is 77.4 cm³/mol. The Morgan fingerprint density at radius 2 is 2.11 bits per heavy atom. The smallest absolute Gasteiger partial charge is 0.169 e. The van der Waals surface area contributed by atoms with Gasteiger partial charge in [0.2, 0.25) is 0 Å². The van der Waals surface area contributed by atoms with E-state index in [-0.39, 0.29) is 6.04 Å². The molecule has 1 unspecified atom stereocenters. The summed E-state index contributed by atoms with van der Waals surface area (Å²) in [7, 11) is 0. The van der Waals surface area contributed by atoms with Gasteiger partial charge in [0.25, 0.3) is 0 Å². The van der Waals surface area contributed by atoms with Crippen LogP contribution in [0.25, 0.3) is 0 Å². The highest BCUT2D eigenvalue weighted by molar-refractivity contribution is 9.10. The van der Waals surface area contributed by atoms with E-state index in [1.165, 1.54) is 0 Å². The molecule has 0 amide bonds. The van der Waals surface area contributed by atoms with E-state index in [9.17, 15) is 0 Å². The molecule has 2 aromatic rings. The molecule has 96 valence electrons. The lowest BCUT2D eigenvalue weighted by Crippen LogP contribution is -2.08. The van der Waals surface area contributed by atoms with Gasteiger partial charge in [0.15, 0.2) is 9.82 Å². The summed E-state index contributed by atoms with van der Waals surface area (Å²) in [5.41, 5.74) is 1.71. The molecule has 0 aromatic carbocycles. The van der Waals surface area contributed by atoms with Crippen molar-refractivity contribution in [1.82, 2.24) is 4.98 Å². The van der Waals surface area contributed by atoms with Crippen molar-refractivity contribution in [3.8, 4) is 0 Å². The van der Waals surface area contributed by atoms with E-state index in [0.29, 0.717) is 15.0 Å². The maximum atomic E-state index is 6.07. The number of hydrogen-bond acceptors (Lipinski definition) is 3. The van der Waals surface area contributed by atoms with Gasteiger partial charge in [-0.1, -0.05) is 23.2 Å². The molecule has 0 bridgehead atoms. The zero-order chi connectivity index (χ0) is 13.3. The van der Waals surface area contributed by atoms with Gasteiger partial charge in [0.1, 0.15) is 10.9 Å². The number of halogens is 3. The molecular formula is C12H11BrCl2N2O. The largest absolute Gasteiger partial charge is 0.452 e. The molecule has 6 heteroatoms. The van der Waals surface area contributed by atoms with Crippen molar-refractivity contribution in [2.24, 2.45) is 0 Å². The van der Waals surface area contributed by atoms with Crippen molar-refractivity contribution in [2.45, 2.75) is 19.9 Å². The number of aromatic nitrogens is 1. The van der Waals surface area contributed by atoms with Crippen LogP contribution in [-0.2, 0) is 0 Å². The summed E-state index contributed by atoms with van der Waals surface area (Å²) in [6.07, 6.45) is 0. The van der Waals surface area contributed by atoms with Crippen LogP contribution < -0.4 is 5.32 Å². The van der Waals surface area contributed by atoms with E-state index < -0.39 is 0 Å². The van der Waals surface area contributed by atoms with Gasteiger partial charge < -0.3 is 9.73 Å². The SMILES string of the molecule is Cc1cc(Cl)nc(Cl)c1NC(C)c1ccc(Br)o1. The summed E-state index contributed by atoms with van der Waals surface area (Å²) in [6.45, 7) is 3.90. The molecule has 0 saturated heterocycles. The van der Waals surface area contributed by atoms with Gasteiger partial charge in [0, 0.05) is 0 Å². The summed E-state index contributed by atoms with van der Waals surface area (Å²) in [6, 6.07) is 5.49. The van der Waals surface area contributed by atoms with Crippen LogP contribution >= 0.6 is 39.1 Å². The predicted octanol–water partition coefficient (Wildman–Crippen LogP) is 5.23. The molecule has 0 radical (unpaired) electrons. The number of furan rings is 1. The van der Waals surface area contributed by atoms with Gasteiger partial charge in [-0.25, -0.2) is 4.98 Å². The lowest BCUT2D eigenvalue weighted by Gasteiger charge is -2.16. The number of hydrogen-bond donors (Lipinski definition) is 1. The fourth-order valence-electron chi connectivity index (χ4n) is 1.62. The molecule has 0 aliphatic carbocycles. The van der Waals surface area contributed by atoms with Crippen LogP contribution in [0.1, 0.15) is 24.3 Å². The van der Waals surface area contributed by atoms with Crippen LogP contribution in [0, 0.1) is 6.92 Å². The minimum absolute atomic E-state index is 0.0181. The molecule has 2 heterocycles. The van der Waals surface area contributed by atoms with Crippen LogP contribution in [0.15, 0.2) is 27.3 Å². The molecule has 0 aliphatic heterocycles. The number of rotatable bonds is 3. The van der Waals surface area contributed by atoms with E-state index >= 15 is 0 Å². The van der Waals surface area contributed by atoms with Crippen molar-refractivity contribution in [3.05, 3.63) is 44.5 Å². The number of anilines is 1. The van der Waals surface area contributed by atoms with Crippen molar-refractivity contribution < 1.29 is 4.42 Å². The van der Waals surface area contributed by atoms with Crippen LogP contribution in [0.3, 0.4) is 0 Å². The molecule has 0 aliphatic rings. The molecule has 18 heavy (non-hydrogen) atoms. The first-order valence-electron chi connectivity index (χ1n) is 5.32. The van der Waals surface area contributed by atoms with Crippen LogP contribution in [-0.4, -0.2) is 4.98 Å². The zero-order valence-electron chi connectivity index (χ0n) is 9.80. The van der Waals surface area contributed by atoms with Gasteiger partial charge in [-0.2, -0.15) is 0 Å². The second-order valence-electron chi connectivity index (χ2n) is 3.94. The minimum atomic E-state index is -0.0181. The Morgan fingerprint density at radius 3 is 2.67 bits per heavy atom. The van der Waals surface area contributed by atoms with E-state index in [1.807, 2.05) is 26.0 Å². The van der Waals surface area contributed by atoms with Gasteiger partial charge >= 0.3 is 0 Å². The van der Waals surface area contributed by atoms with Gasteiger partial charge in [-0.05, 0) is 53.5 Å². The number of nitrogens with one attached hydrogen (secondary N) is 1. The molecule has 0 saturated carbocycles. The van der Waals surface area contributed by atoms with Crippen molar-refractivity contribution in [1.29, 1.82) is 0 Å². The minimum Gasteiger partial charge on any atom is -0.452 e. The number of pyridine rings is 1. The van der Waals surface area contributed by atoms with Crippen molar-refractivity contribution in [2.75, 3.05) is 5.32 Å². The lowest BCUT2D eigenvalue weighted by molar-refractivity contribution is 0.471. The average Bonchev–Trinajstić information content (AvgIpc) is 2.70. The van der Waals surface area contributed by atoms with Crippen molar-refractivity contribution in [3.63, 3.8) is 0 Å². The fraction of sp³-hybridized carbons (Fsp3) is 0.250. The molecule has 0 spiro atoms.